The monoisotopic (exact) mass is 282 g/mol. The van der Waals surface area contributed by atoms with Crippen LogP contribution in [0.15, 0.2) is 42.5 Å². The summed E-state index contributed by atoms with van der Waals surface area (Å²) in [6.45, 7) is 2.92. The molecule has 0 unspecified atom stereocenters. The number of hydrogen-bond donors (Lipinski definition) is 3. The van der Waals surface area contributed by atoms with E-state index in [0.29, 0.717) is 5.75 Å². The Kier molecular flexibility index (Phi) is 4.41. The third-order valence-corrected chi connectivity index (χ3v) is 4.00. The zero-order valence-corrected chi connectivity index (χ0v) is 12.2. The van der Waals surface area contributed by atoms with Gasteiger partial charge in [0, 0.05) is 18.8 Å². The maximum Gasteiger partial charge on any atom is 0.115 e. The Labute approximate surface area is 126 Å². The highest BCUT2D eigenvalue weighted by Crippen LogP contribution is 2.25. The SMILES string of the molecule is Oc1ccc(CCNCc2cccc3c2NCCC3)cc1. The van der Waals surface area contributed by atoms with E-state index in [4.69, 9.17) is 0 Å². The molecule has 0 amide bonds. The van der Waals surface area contributed by atoms with E-state index >= 15 is 0 Å². The molecule has 3 nitrogen and oxygen atoms in total. The standard InChI is InChI=1S/C18H22N2O/c21-17-8-6-14(7-9-17)10-12-19-13-16-4-1-3-15-5-2-11-20-18(15)16/h1,3-4,6-9,19-21H,2,5,10-13H2. The molecule has 0 fully saturated rings. The summed E-state index contributed by atoms with van der Waals surface area (Å²) in [5, 5.41) is 16.3. The van der Waals surface area contributed by atoms with E-state index < -0.39 is 0 Å². The van der Waals surface area contributed by atoms with Gasteiger partial charge in [-0.25, -0.2) is 0 Å². The number of phenols is 1. The van der Waals surface area contributed by atoms with Crippen molar-refractivity contribution in [3.8, 4) is 5.75 Å². The van der Waals surface area contributed by atoms with E-state index in [-0.39, 0.29) is 0 Å². The molecule has 1 aliphatic rings. The number of hydrogen-bond acceptors (Lipinski definition) is 3. The number of rotatable bonds is 5. The fraction of sp³-hybridized carbons (Fsp3) is 0.333. The average Bonchev–Trinajstić information content (AvgIpc) is 2.53. The number of benzene rings is 2. The van der Waals surface area contributed by atoms with Crippen LogP contribution in [-0.2, 0) is 19.4 Å². The van der Waals surface area contributed by atoms with Crippen LogP contribution < -0.4 is 10.6 Å². The van der Waals surface area contributed by atoms with Crippen molar-refractivity contribution in [2.45, 2.75) is 25.8 Å². The van der Waals surface area contributed by atoms with Crippen LogP contribution in [0.1, 0.15) is 23.1 Å². The molecule has 3 N–H and O–H groups in total. The Balaban J connectivity index is 1.53. The highest BCUT2D eigenvalue weighted by molar-refractivity contribution is 5.59. The van der Waals surface area contributed by atoms with Gasteiger partial charge in [0.25, 0.3) is 0 Å². The number of para-hydroxylation sites is 1. The first-order chi connectivity index (χ1) is 10.3. The van der Waals surface area contributed by atoms with Crippen molar-refractivity contribution in [2.75, 3.05) is 18.4 Å². The number of nitrogens with one attached hydrogen (secondary N) is 2. The quantitative estimate of drug-likeness (QED) is 0.738. The zero-order valence-electron chi connectivity index (χ0n) is 12.2. The topological polar surface area (TPSA) is 44.3 Å². The molecule has 0 bridgehead atoms. The lowest BCUT2D eigenvalue weighted by Crippen LogP contribution is -2.20. The summed E-state index contributed by atoms with van der Waals surface area (Å²) in [7, 11) is 0. The highest BCUT2D eigenvalue weighted by atomic mass is 16.3. The summed E-state index contributed by atoms with van der Waals surface area (Å²) in [6.07, 6.45) is 3.39. The first-order valence-corrected chi connectivity index (χ1v) is 7.66. The second-order valence-corrected chi connectivity index (χ2v) is 5.57. The Morgan fingerprint density at radius 1 is 1.10 bits per heavy atom. The Morgan fingerprint density at radius 2 is 1.95 bits per heavy atom. The van der Waals surface area contributed by atoms with E-state index in [1.54, 1.807) is 12.1 Å². The molecule has 21 heavy (non-hydrogen) atoms. The molecule has 2 aromatic carbocycles. The van der Waals surface area contributed by atoms with E-state index in [2.05, 4.69) is 28.8 Å². The summed E-state index contributed by atoms with van der Waals surface area (Å²) in [4.78, 5) is 0. The molecule has 0 saturated carbocycles. The fourth-order valence-electron chi connectivity index (χ4n) is 2.85. The Hall–Kier alpha value is -2.00. The lowest BCUT2D eigenvalue weighted by Gasteiger charge is -2.21. The average molecular weight is 282 g/mol. The van der Waals surface area contributed by atoms with Crippen molar-refractivity contribution in [3.63, 3.8) is 0 Å². The van der Waals surface area contributed by atoms with Gasteiger partial charge in [-0.1, -0.05) is 30.3 Å². The van der Waals surface area contributed by atoms with Crippen LogP contribution in [0.2, 0.25) is 0 Å². The molecule has 1 heterocycles. The Morgan fingerprint density at radius 3 is 2.81 bits per heavy atom. The van der Waals surface area contributed by atoms with Gasteiger partial charge in [0.15, 0.2) is 0 Å². The number of aromatic hydroxyl groups is 1. The van der Waals surface area contributed by atoms with Gasteiger partial charge in [0.05, 0.1) is 0 Å². The van der Waals surface area contributed by atoms with Gasteiger partial charge >= 0.3 is 0 Å². The Bertz CT molecular complexity index is 593. The van der Waals surface area contributed by atoms with E-state index in [1.807, 2.05) is 12.1 Å². The largest absolute Gasteiger partial charge is 0.508 e. The van der Waals surface area contributed by atoms with Gasteiger partial charge < -0.3 is 15.7 Å². The fourth-order valence-corrected chi connectivity index (χ4v) is 2.85. The van der Waals surface area contributed by atoms with Crippen LogP contribution in [0.5, 0.6) is 5.75 Å². The number of fused-ring (bicyclic) bond motifs is 1. The number of aryl methyl sites for hydroxylation is 1. The summed E-state index contributed by atoms with van der Waals surface area (Å²) in [6, 6.07) is 14.0. The van der Waals surface area contributed by atoms with Crippen molar-refractivity contribution in [3.05, 3.63) is 59.2 Å². The lowest BCUT2D eigenvalue weighted by atomic mass is 9.99. The summed E-state index contributed by atoms with van der Waals surface area (Å²) in [5.74, 6) is 0.327. The van der Waals surface area contributed by atoms with E-state index in [1.165, 1.54) is 35.2 Å². The second-order valence-electron chi connectivity index (χ2n) is 5.57. The summed E-state index contributed by atoms with van der Waals surface area (Å²) < 4.78 is 0. The van der Waals surface area contributed by atoms with Crippen molar-refractivity contribution in [2.24, 2.45) is 0 Å². The molecule has 3 rings (SSSR count). The smallest absolute Gasteiger partial charge is 0.115 e. The van der Waals surface area contributed by atoms with Gasteiger partial charge in [-0.3, -0.25) is 0 Å². The molecular formula is C18H22N2O. The zero-order chi connectivity index (χ0) is 14.5. The van der Waals surface area contributed by atoms with Crippen LogP contribution in [0.3, 0.4) is 0 Å². The van der Waals surface area contributed by atoms with E-state index in [9.17, 15) is 5.11 Å². The maximum absolute atomic E-state index is 9.27. The second kappa shape index (κ2) is 6.64. The molecule has 0 aliphatic carbocycles. The third kappa shape index (κ3) is 3.56. The van der Waals surface area contributed by atoms with Gasteiger partial charge in [0.2, 0.25) is 0 Å². The lowest BCUT2D eigenvalue weighted by molar-refractivity contribution is 0.475. The molecule has 0 spiro atoms. The first-order valence-electron chi connectivity index (χ1n) is 7.66. The molecule has 110 valence electrons. The predicted molar refractivity (Wildman–Crippen MR) is 86.8 cm³/mol. The molecule has 1 aliphatic heterocycles. The van der Waals surface area contributed by atoms with Gasteiger partial charge in [-0.2, -0.15) is 0 Å². The van der Waals surface area contributed by atoms with Crippen LogP contribution in [0.4, 0.5) is 5.69 Å². The first kappa shape index (κ1) is 14.0. The van der Waals surface area contributed by atoms with Crippen LogP contribution in [0.25, 0.3) is 0 Å². The van der Waals surface area contributed by atoms with Crippen LogP contribution in [-0.4, -0.2) is 18.2 Å². The molecule has 0 atom stereocenters. The molecule has 2 aromatic rings. The van der Waals surface area contributed by atoms with Gasteiger partial charge in [-0.15, -0.1) is 0 Å². The molecular weight excluding hydrogens is 260 g/mol. The maximum atomic E-state index is 9.27. The minimum Gasteiger partial charge on any atom is -0.508 e. The number of anilines is 1. The van der Waals surface area contributed by atoms with E-state index in [0.717, 1.165) is 26.1 Å². The van der Waals surface area contributed by atoms with Gasteiger partial charge in [0.1, 0.15) is 5.75 Å². The minimum atomic E-state index is 0.327. The van der Waals surface area contributed by atoms with Crippen molar-refractivity contribution in [1.82, 2.24) is 5.32 Å². The highest BCUT2D eigenvalue weighted by Gasteiger charge is 2.11. The molecule has 3 heteroatoms. The van der Waals surface area contributed by atoms with Crippen LogP contribution in [0, 0.1) is 0 Å². The normalized spacial score (nSPS) is 13.5. The van der Waals surface area contributed by atoms with Crippen molar-refractivity contribution in [1.29, 1.82) is 0 Å². The van der Waals surface area contributed by atoms with Crippen molar-refractivity contribution < 1.29 is 5.11 Å². The molecule has 0 aromatic heterocycles. The van der Waals surface area contributed by atoms with Crippen molar-refractivity contribution >= 4 is 5.69 Å². The molecule has 0 radical (unpaired) electrons. The predicted octanol–water partition coefficient (Wildman–Crippen LogP) is 3.08. The summed E-state index contributed by atoms with van der Waals surface area (Å²) in [5.41, 5.74) is 5.38. The summed E-state index contributed by atoms with van der Waals surface area (Å²) >= 11 is 0. The minimum absolute atomic E-state index is 0.327. The molecule has 0 saturated heterocycles. The van der Waals surface area contributed by atoms with Crippen LogP contribution >= 0.6 is 0 Å². The van der Waals surface area contributed by atoms with Gasteiger partial charge in [-0.05, 0) is 54.6 Å². The number of phenolic OH excluding ortho intramolecular Hbond substituents is 1. The third-order valence-electron chi connectivity index (χ3n) is 4.00.